The summed E-state index contributed by atoms with van der Waals surface area (Å²) in [6, 6.07) is 17.9. The van der Waals surface area contributed by atoms with Gasteiger partial charge in [-0.3, -0.25) is 14.3 Å². The quantitative estimate of drug-likeness (QED) is 0.394. The van der Waals surface area contributed by atoms with Crippen molar-refractivity contribution in [1.82, 2.24) is 5.32 Å². The van der Waals surface area contributed by atoms with Crippen LogP contribution >= 0.6 is 0 Å². The highest BCUT2D eigenvalue weighted by Crippen LogP contribution is 2.29. The van der Waals surface area contributed by atoms with Crippen molar-refractivity contribution in [3.8, 4) is 11.5 Å². The zero-order valence-electron chi connectivity index (χ0n) is 19.6. The zero-order valence-corrected chi connectivity index (χ0v) is 20.4. The lowest BCUT2D eigenvalue weighted by Gasteiger charge is -2.14. The number of anilines is 2. The molecule has 0 bridgehead atoms. The number of methoxy groups -OCH3 is 2. The first-order chi connectivity index (χ1) is 16.7. The topological polar surface area (TPSA) is 123 Å². The van der Waals surface area contributed by atoms with Crippen molar-refractivity contribution in [2.75, 3.05) is 30.8 Å². The highest BCUT2D eigenvalue weighted by atomic mass is 32.2. The van der Waals surface area contributed by atoms with Crippen LogP contribution in [0.3, 0.4) is 0 Å². The van der Waals surface area contributed by atoms with E-state index in [1.165, 1.54) is 32.4 Å². The molecule has 0 aromatic heterocycles. The standard InChI is InChI=1S/C25H27N3O6S/c1-17-6-4-5-7-21(17)25(30)26-15-14-24(29)27-19-10-13-22(34-3)23(16-19)35(31,32)28-18-8-11-20(33-2)12-9-18/h4-13,16,28H,14-15H2,1-3H3,(H,26,30)(H,27,29). The van der Waals surface area contributed by atoms with E-state index in [9.17, 15) is 18.0 Å². The van der Waals surface area contributed by atoms with Crippen LogP contribution in [-0.4, -0.2) is 41.0 Å². The van der Waals surface area contributed by atoms with Crippen molar-refractivity contribution >= 4 is 33.2 Å². The predicted molar refractivity (Wildman–Crippen MR) is 134 cm³/mol. The molecule has 10 heteroatoms. The van der Waals surface area contributed by atoms with E-state index in [1.807, 2.05) is 19.1 Å². The second-order valence-electron chi connectivity index (χ2n) is 7.57. The summed E-state index contributed by atoms with van der Waals surface area (Å²) in [6.07, 6.45) is 0.00975. The van der Waals surface area contributed by atoms with E-state index >= 15 is 0 Å². The number of hydrogen-bond donors (Lipinski definition) is 3. The van der Waals surface area contributed by atoms with Crippen molar-refractivity contribution in [3.63, 3.8) is 0 Å². The Hall–Kier alpha value is -4.05. The number of hydrogen-bond acceptors (Lipinski definition) is 6. The summed E-state index contributed by atoms with van der Waals surface area (Å²) in [5.41, 5.74) is 2.00. The molecule has 3 aromatic rings. The summed E-state index contributed by atoms with van der Waals surface area (Å²) >= 11 is 0. The molecule has 0 aliphatic heterocycles. The van der Waals surface area contributed by atoms with Gasteiger partial charge in [0.25, 0.3) is 15.9 Å². The highest BCUT2D eigenvalue weighted by molar-refractivity contribution is 7.92. The number of carbonyl (C=O) groups is 2. The summed E-state index contributed by atoms with van der Waals surface area (Å²) in [7, 11) is -1.15. The molecule has 0 atom stereocenters. The largest absolute Gasteiger partial charge is 0.497 e. The summed E-state index contributed by atoms with van der Waals surface area (Å²) in [4.78, 5) is 24.5. The smallest absolute Gasteiger partial charge is 0.265 e. The molecular weight excluding hydrogens is 470 g/mol. The normalized spacial score (nSPS) is 10.8. The average molecular weight is 498 g/mol. The minimum absolute atomic E-state index is 0.00975. The maximum atomic E-state index is 13.0. The number of benzene rings is 3. The molecule has 184 valence electrons. The summed E-state index contributed by atoms with van der Waals surface area (Å²) in [5.74, 6) is 0.0601. The Kier molecular flexibility index (Phi) is 8.32. The van der Waals surface area contributed by atoms with Gasteiger partial charge in [0.1, 0.15) is 16.4 Å². The van der Waals surface area contributed by atoms with Gasteiger partial charge in [-0.15, -0.1) is 0 Å². The van der Waals surface area contributed by atoms with Crippen molar-refractivity contribution < 1.29 is 27.5 Å². The Morgan fingerprint density at radius 3 is 2.23 bits per heavy atom. The summed E-state index contributed by atoms with van der Waals surface area (Å²) in [5, 5.41) is 5.37. The first kappa shape index (κ1) is 25.6. The molecule has 0 fully saturated rings. The second kappa shape index (κ2) is 11.4. The van der Waals surface area contributed by atoms with Crippen LogP contribution in [0.2, 0.25) is 0 Å². The van der Waals surface area contributed by atoms with E-state index in [1.54, 1.807) is 36.4 Å². The Morgan fingerprint density at radius 1 is 0.886 bits per heavy atom. The molecule has 0 aliphatic carbocycles. The number of sulfonamides is 1. The van der Waals surface area contributed by atoms with Gasteiger partial charge in [0, 0.05) is 29.9 Å². The van der Waals surface area contributed by atoms with Crippen LogP contribution in [0, 0.1) is 6.92 Å². The fourth-order valence-electron chi connectivity index (χ4n) is 3.27. The number of nitrogens with one attached hydrogen (secondary N) is 3. The van der Waals surface area contributed by atoms with E-state index in [4.69, 9.17) is 9.47 Å². The third-order valence-corrected chi connectivity index (χ3v) is 6.51. The lowest BCUT2D eigenvalue weighted by Crippen LogP contribution is -2.28. The molecule has 0 spiro atoms. The van der Waals surface area contributed by atoms with Gasteiger partial charge in [0.05, 0.1) is 14.2 Å². The van der Waals surface area contributed by atoms with Gasteiger partial charge >= 0.3 is 0 Å². The molecule has 0 heterocycles. The molecule has 0 unspecified atom stereocenters. The molecule has 0 saturated heterocycles. The van der Waals surface area contributed by atoms with E-state index in [0.29, 0.717) is 17.0 Å². The van der Waals surface area contributed by atoms with Gasteiger partial charge in [-0.1, -0.05) is 18.2 Å². The number of aryl methyl sites for hydroxylation is 1. The molecular formula is C25H27N3O6S. The monoisotopic (exact) mass is 497 g/mol. The molecule has 2 amide bonds. The van der Waals surface area contributed by atoms with Gasteiger partial charge in [0.15, 0.2) is 0 Å². The summed E-state index contributed by atoms with van der Waals surface area (Å²) in [6.45, 7) is 1.96. The summed E-state index contributed by atoms with van der Waals surface area (Å²) < 4.78 is 38.8. The van der Waals surface area contributed by atoms with Crippen molar-refractivity contribution in [2.24, 2.45) is 0 Å². The van der Waals surface area contributed by atoms with Crippen LogP contribution in [0.5, 0.6) is 11.5 Å². The third-order valence-electron chi connectivity index (χ3n) is 5.11. The Bertz CT molecular complexity index is 1310. The Balaban J connectivity index is 1.65. The van der Waals surface area contributed by atoms with Crippen molar-refractivity contribution in [3.05, 3.63) is 77.9 Å². The van der Waals surface area contributed by atoms with Gasteiger partial charge < -0.3 is 20.1 Å². The van der Waals surface area contributed by atoms with E-state index < -0.39 is 10.0 Å². The molecule has 3 N–H and O–H groups in total. The number of ether oxygens (including phenoxy) is 2. The minimum Gasteiger partial charge on any atom is -0.497 e. The number of amides is 2. The van der Waals surface area contributed by atoms with Crippen LogP contribution in [0.15, 0.2) is 71.6 Å². The van der Waals surface area contributed by atoms with Crippen LogP contribution < -0.4 is 24.8 Å². The van der Waals surface area contributed by atoms with Gasteiger partial charge in [-0.25, -0.2) is 8.42 Å². The SMILES string of the molecule is COc1ccc(NS(=O)(=O)c2cc(NC(=O)CCNC(=O)c3ccccc3C)ccc2OC)cc1. The molecule has 0 saturated carbocycles. The lowest BCUT2D eigenvalue weighted by atomic mass is 10.1. The van der Waals surface area contributed by atoms with Crippen molar-refractivity contribution in [2.45, 2.75) is 18.2 Å². The fraction of sp³-hybridized carbons (Fsp3) is 0.200. The first-order valence-corrected chi connectivity index (χ1v) is 12.2. The molecule has 3 aromatic carbocycles. The van der Waals surface area contributed by atoms with E-state index in [-0.39, 0.29) is 41.1 Å². The number of carbonyl (C=O) groups excluding carboxylic acids is 2. The molecule has 0 radical (unpaired) electrons. The van der Waals surface area contributed by atoms with Crippen LogP contribution in [0.4, 0.5) is 11.4 Å². The van der Waals surface area contributed by atoms with Gasteiger partial charge in [-0.2, -0.15) is 0 Å². The Morgan fingerprint density at radius 2 is 1.57 bits per heavy atom. The molecule has 3 rings (SSSR count). The second-order valence-corrected chi connectivity index (χ2v) is 9.22. The van der Waals surface area contributed by atoms with E-state index in [2.05, 4.69) is 15.4 Å². The van der Waals surface area contributed by atoms with Crippen molar-refractivity contribution in [1.29, 1.82) is 0 Å². The van der Waals surface area contributed by atoms with E-state index in [0.717, 1.165) is 5.56 Å². The van der Waals surface area contributed by atoms with Crippen LogP contribution in [0.25, 0.3) is 0 Å². The maximum absolute atomic E-state index is 13.0. The molecule has 9 nitrogen and oxygen atoms in total. The van der Waals surface area contributed by atoms with Gasteiger partial charge in [0.2, 0.25) is 5.91 Å². The van der Waals surface area contributed by atoms with Crippen LogP contribution in [-0.2, 0) is 14.8 Å². The number of rotatable bonds is 10. The molecule has 0 aliphatic rings. The third kappa shape index (κ3) is 6.73. The zero-order chi connectivity index (χ0) is 25.4. The highest BCUT2D eigenvalue weighted by Gasteiger charge is 2.21. The predicted octanol–water partition coefficient (Wildman–Crippen LogP) is 3.57. The first-order valence-electron chi connectivity index (χ1n) is 10.7. The van der Waals surface area contributed by atoms with Gasteiger partial charge in [-0.05, 0) is 61.0 Å². The lowest BCUT2D eigenvalue weighted by molar-refractivity contribution is -0.116. The molecule has 35 heavy (non-hydrogen) atoms. The average Bonchev–Trinajstić information content (AvgIpc) is 2.84. The fourth-order valence-corrected chi connectivity index (χ4v) is 4.52. The maximum Gasteiger partial charge on any atom is 0.265 e. The van der Waals surface area contributed by atoms with Crippen LogP contribution in [0.1, 0.15) is 22.3 Å². The minimum atomic E-state index is -4.02. The Labute approximate surface area is 204 Å².